The van der Waals surface area contributed by atoms with Crippen molar-refractivity contribution < 1.29 is 19.4 Å². The van der Waals surface area contributed by atoms with Gasteiger partial charge in [-0.15, -0.1) is 0 Å². The molecule has 2 N–H and O–H groups in total. The molecular formula is C19H19ClN2O4. The third kappa shape index (κ3) is 4.67. The van der Waals surface area contributed by atoms with Gasteiger partial charge in [0.2, 0.25) is 0 Å². The predicted octanol–water partition coefficient (Wildman–Crippen LogP) is 3.40. The molecule has 6 nitrogen and oxygen atoms in total. The molecule has 0 saturated carbocycles. The summed E-state index contributed by atoms with van der Waals surface area (Å²) >= 11 is 5.86. The fourth-order valence-electron chi connectivity index (χ4n) is 2.77. The van der Waals surface area contributed by atoms with Crippen molar-refractivity contribution in [2.24, 2.45) is 0 Å². The first-order valence-electron chi connectivity index (χ1n) is 8.28. The van der Waals surface area contributed by atoms with E-state index in [-0.39, 0.29) is 17.7 Å². The number of nitrogens with zero attached hydrogens (tertiary/aromatic N) is 1. The Morgan fingerprint density at radius 2 is 1.85 bits per heavy atom. The average Bonchev–Trinajstić information content (AvgIpc) is 3.10. The zero-order chi connectivity index (χ0) is 18.5. The van der Waals surface area contributed by atoms with Gasteiger partial charge in [-0.1, -0.05) is 23.7 Å². The Hall–Kier alpha value is -2.73. The first-order chi connectivity index (χ1) is 12.5. The van der Waals surface area contributed by atoms with Gasteiger partial charge in [-0.3, -0.25) is 0 Å². The number of carboxylic acids is 1. The molecule has 1 fully saturated rings. The lowest BCUT2D eigenvalue weighted by molar-refractivity contribution is 0.0697. The lowest BCUT2D eigenvalue weighted by Gasteiger charge is -2.18. The second-order valence-corrected chi connectivity index (χ2v) is 6.53. The molecule has 1 aliphatic heterocycles. The summed E-state index contributed by atoms with van der Waals surface area (Å²) in [4.78, 5) is 24.8. The van der Waals surface area contributed by atoms with E-state index in [1.807, 2.05) is 12.1 Å². The van der Waals surface area contributed by atoms with Crippen LogP contribution in [-0.4, -0.2) is 41.2 Å². The molecule has 0 aromatic heterocycles. The van der Waals surface area contributed by atoms with E-state index in [0.717, 1.165) is 17.7 Å². The lowest BCUT2D eigenvalue weighted by atomic mass is 10.1. The Morgan fingerprint density at radius 3 is 2.50 bits per heavy atom. The topological polar surface area (TPSA) is 78.9 Å². The van der Waals surface area contributed by atoms with Crippen LogP contribution >= 0.6 is 11.6 Å². The van der Waals surface area contributed by atoms with Crippen LogP contribution in [0.1, 0.15) is 22.3 Å². The van der Waals surface area contributed by atoms with Crippen LogP contribution in [0.5, 0.6) is 5.75 Å². The first kappa shape index (κ1) is 18.1. The van der Waals surface area contributed by atoms with Crippen molar-refractivity contribution in [3.8, 4) is 5.75 Å². The third-order valence-electron chi connectivity index (χ3n) is 4.19. The van der Waals surface area contributed by atoms with Crippen molar-refractivity contribution in [3.05, 3.63) is 64.7 Å². The Morgan fingerprint density at radius 1 is 1.15 bits per heavy atom. The second kappa shape index (κ2) is 8.10. The zero-order valence-electron chi connectivity index (χ0n) is 14.0. The monoisotopic (exact) mass is 374 g/mol. The maximum Gasteiger partial charge on any atom is 0.335 e. The fraction of sp³-hybridized carbons (Fsp3) is 0.263. The number of benzene rings is 2. The smallest absolute Gasteiger partial charge is 0.335 e. The van der Waals surface area contributed by atoms with Crippen molar-refractivity contribution in [2.75, 3.05) is 13.1 Å². The van der Waals surface area contributed by atoms with E-state index in [4.69, 9.17) is 21.4 Å². The summed E-state index contributed by atoms with van der Waals surface area (Å²) in [6.45, 7) is 1.49. The number of carboxylic acid groups (broad SMARTS) is 1. The molecule has 2 aromatic rings. The molecule has 0 aliphatic carbocycles. The van der Waals surface area contributed by atoms with E-state index in [2.05, 4.69) is 5.32 Å². The summed E-state index contributed by atoms with van der Waals surface area (Å²) in [5.41, 5.74) is 1.07. The van der Waals surface area contributed by atoms with Crippen molar-refractivity contribution in [3.63, 3.8) is 0 Å². The minimum Gasteiger partial charge on any atom is -0.489 e. The number of carbonyl (C=O) groups excluding carboxylic acids is 1. The normalized spacial score (nSPS) is 16.3. The summed E-state index contributed by atoms with van der Waals surface area (Å²) in [6.07, 6.45) is 0.723. The standard InChI is InChI=1S/C19H19ClN2O4/c20-15-5-7-16(8-6-15)26-17-9-10-22(12-17)19(25)21-11-13-1-3-14(4-2-13)18(23)24/h1-8,17H,9-12H2,(H,21,25)(H,23,24). The van der Waals surface area contributed by atoms with Crippen molar-refractivity contribution in [1.82, 2.24) is 10.2 Å². The number of halogens is 1. The van der Waals surface area contributed by atoms with Gasteiger partial charge >= 0.3 is 12.0 Å². The summed E-state index contributed by atoms with van der Waals surface area (Å²) < 4.78 is 5.87. The Labute approximate surface area is 156 Å². The summed E-state index contributed by atoms with van der Waals surface area (Å²) in [5.74, 6) is -0.232. The second-order valence-electron chi connectivity index (χ2n) is 6.09. The number of aromatic carboxylic acids is 1. The molecule has 1 aliphatic rings. The number of rotatable bonds is 5. The van der Waals surface area contributed by atoms with Crippen LogP contribution in [0.25, 0.3) is 0 Å². The predicted molar refractivity (Wildman–Crippen MR) is 97.7 cm³/mol. The van der Waals surface area contributed by atoms with Gasteiger partial charge in [-0.05, 0) is 42.0 Å². The van der Waals surface area contributed by atoms with Crippen molar-refractivity contribution in [2.45, 2.75) is 19.1 Å². The summed E-state index contributed by atoms with van der Waals surface area (Å²) in [7, 11) is 0. The van der Waals surface area contributed by atoms with Gasteiger partial charge in [0.05, 0.1) is 12.1 Å². The number of amides is 2. The van der Waals surface area contributed by atoms with Crippen LogP contribution in [0.4, 0.5) is 4.79 Å². The van der Waals surface area contributed by atoms with Gasteiger partial charge in [-0.2, -0.15) is 0 Å². The zero-order valence-corrected chi connectivity index (χ0v) is 14.8. The summed E-state index contributed by atoms with van der Waals surface area (Å²) in [6, 6.07) is 13.4. The van der Waals surface area contributed by atoms with Gasteiger partial charge < -0.3 is 20.1 Å². The number of nitrogens with one attached hydrogen (secondary N) is 1. The molecule has 0 bridgehead atoms. The highest BCUT2D eigenvalue weighted by Gasteiger charge is 2.27. The van der Waals surface area contributed by atoms with Crippen LogP contribution < -0.4 is 10.1 Å². The molecule has 3 rings (SSSR count). The highest BCUT2D eigenvalue weighted by atomic mass is 35.5. The van der Waals surface area contributed by atoms with Crippen LogP contribution in [0.15, 0.2) is 48.5 Å². The number of likely N-dealkylation sites (tertiary alicyclic amines) is 1. The molecule has 2 amide bonds. The molecular weight excluding hydrogens is 356 g/mol. The van der Waals surface area contributed by atoms with E-state index in [0.29, 0.717) is 24.7 Å². The molecule has 26 heavy (non-hydrogen) atoms. The third-order valence-corrected chi connectivity index (χ3v) is 4.45. The molecule has 1 saturated heterocycles. The fourth-order valence-corrected chi connectivity index (χ4v) is 2.90. The van der Waals surface area contributed by atoms with E-state index in [1.165, 1.54) is 12.1 Å². The number of hydrogen-bond acceptors (Lipinski definition) is 3. The number of ether oxygens (including phenoxy) is 1. The molecule has 0 radical (unpaired) electrons. The van der Waals surface area contributed by atoms with Crippen LogP contribution in [0.2, 0.25) is 5.02 Å². The van der Waals surface area contributed by atoms with Gasteiger partial charge in [-0.25, -0.2) is 9.59 Å². The lowest BCUT2D eigenvalue weighted by Crippen LogP contribution is -2.39. The Bertz CT molecular complexity index is 777. The Kier molecular flexibility index (Phi) is 5.63. The van der Waals surface area contributed by atoms with Gasteiger partial charge in [0.1, 0.15) is 11.9 Å². The average molecular weight is 375 g/mol. The molecule has 136 valence electrons. The van der Waals surface area contributed by atoms with Gasteiger partial charge in [0.25, 0.3) is 0 Å². The number of urea groups is 1. The minimum absolute atomic E-state index is 0.0447. The SMILES string of the molecule is O=C(O)c1ccc(CNC(=O)N2CCC(Oc3ccc(Cl)cc3)C2)cc1. The van der Waals surface area contributed by atoms with E-state index in [9.17, 15) is 9.59 Å². The van der Waals surface area contributed by atoms with Crippen molar-refractivity contribution >= 4 is 23.6 Å². The van der Waals surface area contributed by atoms with Gasteiger partial charge in [0.15, 0.2) is 0 Å². The summed E-state index contributed by atoms with van der Waals surface area (Å²) in [5, 5.41) is 12.4. The van der Waals surface area contributed by atoms with E-state index in [1.54, 1.807) is 29.2 Å². The molecule has 0 spiro atoms. The molecule has 1 atom stereocenters. The number of carbonyl (C=O) groups is 2. The quantitative estimate of drug-likeness (QED) is 0.840. The Balaban J connectivity index is 1.46. The van der Waals surface area contributed by atoms with E-state index < -0.39 is 5.97 Å². The van der Waals surface area contributed by atoms with Crippen LogP contribution in [0, 0.1) is 0 Å². The molecule has 1 unspecified atom stereocenters. The van der Waals surface area contributed by atoms with Gasteiger partial charge in [0, 0.05) is 24.5 Å². The highest BCUT2D eigenvalue weighted by molar-refractivity contribution is 6.30. The highest BCUT2D eigenvalue weighted by Crippen LogP contribution is 2.20. The maximum atomic E-state index is 12.3. The minimum atomic E-state index is -0.968. The maximum absolute atomic E-state index is 12.3. The molecule has 7 heteroatoms. The number of hydrogen-bond donors (Lipinski definition) is 2. The largest absolute Gasteiger partial charge is 0.489 e. The molecule has 1 heterocycles. The first-order valence-corrected chi connectivity index (χ1v) is 8.66. The molecule has 2 aromatic carbocycles. The van der Waals surface area contributed by atoms with Crippen LogP contribution in [0.3, 0.4) is 0 Å². The van der Waals surface area contributed by atoms with Crippen LogP contribution in [-0.2, 0) is 6.54 Å². The van der Waals surface area contributed by atoms with Crippen molar-refractivity contribution in [1.29, 1.82) is 0 Å². The van der Waals surface area contributed by atoms with E-state index >= 15 is 0 Å².